The summed E-state index contributed by atoms with van der Waals surface area (Å²) in [7, 11) is 1.90. The third-order valence-electron chi connectivity index (χ3n) is 8.44. The molecule has 1 atom stereocenters. The van der Waals surface area contributed by atoms with Gasteiger partial charge in [0.05, 0.1) is 40.1 Å². The molecule has 5 heterocycles. The van der Waals surface area contributed by atoms with E-state index in [2.05, 4.69) is 57.3 Å². The first-order valence-electron chi connectivity index (χ1n) is 13.9. The van der Waals surface area contributed by atoms with Gasteiger partial charge in [-0.2, -0.15) is 0 Å². The van der Waals surface area contributed by atoms with Crippen LogP contribution in [-0.2, 0) is 11.8 Å². The molecule has 1 N–H and O–H groups in total. The number of aryl methyl sites for hydroxylation is 2. The van der Waals surface area contributed by atoms with Gasteiger partial charge < -0.3 is 19.3 Å². The van der Waals surface area contributed by atoms with Gasteiger partial charge in [-0.15, -0.1) is 5.10 Å². The number of likely N-dealkylation sites (tertiary alicyclic amines) is 1. The Balaban J connectivity index is 1.48. The average Bonchev–Trinajstić information content (AvgIpc) is 3.47. The maximum absolute atomic E-state index is 13.2. The predicted molar refractivity (Wildman–Crippen MR) is 152 cm³/mol. The number of aromatic nitrogens is 5. The van der Waals surface area contributed by atoms with Crippen molar-refractivity contribution >= 4 is 27.8 Å². The number of amides is 1. The first-order chi connectivity index (χ1) is 19.5. The van der Waals surface area contributed by atoms with E-state index >= 15 is 0 Å². The molecule has 204 valence electrons. The van der Waals surface area contributed by atoms with Gasteiger partial charge >= 0.3 is 0 Å². The number of carbonyl (C=O) groups is 1. The number of rotatable bonds is 5. The topological polar surface area (TPSA) is 98.3 Å². The van der Waals surface area contributed by atoms with E-state index in [0.717, 1.165) is 64.9 Å². The number of aliphatic hydroxyl groups excluding tert-OH is 1. The molecule has 0 aliphatic carbocycles. The first kappa shape index (κ1) is 24.9. The minimum Gasteiger partial charge on any atom is -0.389 e. The number of hydrogen-bond acceptors (Lipinski definition) is 6. The van der Waals surface area contributed by atoms with Crippen LogP contribution in [-0.4, -0.2) is 72.9 Å². The van der Waals surface area contributed by atoms with Crippen LogP contribution < -0.4 is 0 Å². The van der Waals surface area contributed by atoms with Crippen LogP contribution in [0.5, 0.6) is 0 Å². The molecule has 0 bridgehead atoms. The molecule has 2 aliphatic rings. The summed E-state index contributed by atoms with van der Waals surface area (Å²) in [6, 6.07) is 18.9. The molecule has 1 amide bonds. The molecule has 3 aromatic heterocycles. The third kappa shape index (κ3) is 4.08. The Hall–Kier alpha value is -4.08. The summed E-state index contributed by atoms with van der Waals surface area (Å²) < 4.78 is 9.97. The Morgan fingerprint density at radius 3 is 2.52 bits per heavy atom. The molecule has 40 heavy (non-hydrogen) atoms. The number of nitrogens with zero attached hydrogens (tertiary/aromatic N) is 6. The van der Waals surface area contributed by atoms with Gasteiger partial charge in [-0.3, -0.25) is 9.78 Å². The molecule has 2 fully saturated rings. The summed E-state index contributed by atoms with van der Waals surface area (Å²) in [5, 5.41) is 19.2. The number of carbonyl (C=O) groups excluding carboxylic acids is 1. The minimum absolute atomic E-state index is 0.0645. The highest BCUT2D eigenvalue weighted by Crippen LogP contribution is 2.41. The smallest absolute Gasteiger partial charge is 0.254 e. The van der Waals surface area contributed by atoms with Crippen molar-refractivity contribution in [3.63, 3.8) is 0 Å². The van der Waals surface area contributed by atoms with E-state index in [1.165, 1.54) is 5.56 Å². The summed E-state index contributed by atoms with van der Waals surface area (Å²) in [5.41, 5.74) is 7.49. The van der Waals surface area contributed by atoms with Crippen molar-refractivity contribution in [3.05, 3.63) is 77.6 Å². The maximum atomic E-state index is 13.2. The summed E-state index contributed by atoms with van der Waals surface area (Å²) in [6.07, 6.45) is 3.37. The number of β-amino-alcohol motifs (C(OH)–C–C–N with tert-alkyl or cyclic N) is 1. The second-order valence-corrected chi connectivity index (χ2v) is 11.0. The van der Waals surface area contributed by atoms with Crippen LogP contribution in [0.25, 0.3) is 33.2 Å². The molecular weight excluding hydrogens is 504 g/mol. The van der Waals surface area contributed by atoms with Gasteiger partial charge in [0.2, 0.25) is 0 Å². The standard InChI is InChI=1S/C31H32N6O3/c1-19-29(35(2)34-33-19)23-15-27-28(32-16-23)25-14-22(31(39)36-17-24(38)18-36)8-9-26(25)37(27)30(20-6-4-3-5-7-20)21-10-12-40-13-11-21/h3-9,14-16,21,24,30,38H,10-13,17-18H2,1-2H3. The van der Waals surface area contributed by atoms with Gasteiger partial charge in [0.25, 0.3) is 5.91 Å². The van der Waals surface area contributed by atoms with Crippen LogP contribution in [0.1, 0.15) is 40.5 Å². The Labute approximate surface area is 232 Å². The largest absolute Gasteiger partial charge is 0.389 e. The fraction of sp³-hybridized carbons (Fsp3) is 0.355. The third-order valence-corrected chi connectivity index (χ3v) is 8.44. The number of benzene rings is 2. The molecule has 2 aromatic carbocycles. The van der Waals surface area contributed by atoms with Crippen molar-refractivity contribution in [1.82, 2.24) is 29.4 Å². The van der Waals surface area contributed by atoms with Gasteiger partial charge in [-0.05, 0) is 55.5 Å². The summed E-state index contributed by atoms with van der Waals surface area (Å²) in [5.74, 6) is 0.313. The Morgan fingerprint density at radius 2 is 1.82 bits per heavy atom. The molecule has 2 saturated heterocycles. The lowest BCUT2D eigenvalue weighted by molar-refractivity contribution is 0.00591. The average molecular weight is 537 g/mol. The lowest BCUT2D eigenvalue weighted by atomic mass is 9.86. The van der Waals surface area contributed by atoms with Crippen LogP contribution in [0.4, 0.5) is 0 Å². The molecule has 2 aliphatic heterocycles. The maximum Gasteiger partial charge on any atom is 0.254 e. The van der Waals surface area contributed by atoms with Crippen LogP contribution in [0.15, 0.2) is 60.8 Å². The van der Waals surface area contributed by atoms with E-state index in [0.29, 0.717) is 24.6 Å². The Morgan fingerprint density at radius 1 is 1.05 bits per heavy atom. The van der Waals surface area contributed by atoms with Gasteiger partial charge in [-0.1, -0.05) is 35.5 Å². The van der Waals surface area contributed by atoms with Gasteiger partial charge in [0.1, 0.15) is 0 Å². The number of hydrogen-bond donors (Lipinski definition) is 1. The zero-order valence-corrected chi connectivity index (χ0v) is 22.7. The molecule has 1 unspecified atom stereocenters. The fourth-order valence-electron chi connectivity index (χ4n) is 6.45. The summed E-state index contributed by atoms with van der Waals surface area (Å²) >= 11 is 0. The SMILES string of the molecule is Cc1nnn(C)c1-c1cnc2c3cc(C(=O)N4CC(O)C4)ccc3n(C(c3ccccc3)C3CCOCC3)c2c1. The molecule has 9 nitrogen and oxygen atoms in total. The first-order valence-corrected chi connectivity index (χ1v) is 13.9. The quantitative estimate of drug-likeness (QED) is 0.363. The summed E-state index contributed by atoms with van der Waals surface area (Å²) in [6.45, 7) is 4.20. The van der Waals surface area contributed by atoms with Gasteiger partial charge in [0.15, 0.2) is 0 Å². The molecule has 0 spiro atoms. The Kier molecular flexibility index (Phi) is 6.13. The highest BCUT2D eigenvalue weighted by atomic mass is 16.5. The minimum atomic E-state index is -0.439. The second-order valence-electron chi connectivity index (χ2n) is 11.0. The van der Waals surface area contributed by atoms with Gasteiger partial charge in [0, 0.05) is 56.1 Å². The van der Waals surface area contributed by atoms with Crippen LogP contribution in [0, 0.1) is 12.8 Å². The fourth-order valence-corrected chi connectivity index (χ4v) is 6.45. The zero-order chi connectivity index (χ0) is 27.4. The van der Waals surface area contributed by atoms with Crippen molar-refractivity contribution in [2.45, 2.75) is 31.9 Å². The lowest BCUT2D eigenvalue weighted by Gasteiger charge is -2.36. The van der Waals surface area contributed by atoms with Crippen molar-refractivity contribution in [3.8, 4) is 11.3 Å². The molecule has 5 aromatic rings. The van der Waals surface area contributed by atoms with Crippen LogP contribution in [0.3, 0.4) is 0 Å². The van der Waals surface area contributed by atoms with Gasteiger partial charge in [-0.25, -0.2) is 4.68 Å². The molecule has 7 rings (SSSR count). The zero-order valence-electron chi connectivity index (χ0n) is 22.7. The van der Waals surface area contributed by atoms with Crippen LogP contribution in [0.2, 0.25) is 0 Å². The molecular formula is C31H32N6O3. The number of aliphatic hydroxyl groups is 1. The van der Waals surface area contributed by atoms with Crippen molar-refractivity contribution < 1.29 is 14.6 Å². The van der Waals surface area contributed by atoms with E-state index in [9.17, 15) is 9.90 Å². The van der Waals surface area contributed by atoms with Crippen molar-refractivity contribution in [2.24, 2.45) is 13.0 Å². The van der Waals surface area contributed by atoms with E-state index in [-0.39, 0.29) is 11.9 Å². The molecule has 0 radical (unpaired) electrons. The van der Waals surface area contributed by atoms with E-state index < -0.39 is 6.10 Å². The Bertz CT molecular complexity index is 1690. The highest BCUT2D eigenvalue weighted by Gasteiger charge is 2.32. The number of fused-ring (bicyclic) bond motifs is 3. The monoisotopic (exact) mass is 536 g/mol. The van der Waals surface area contributed by atoms with E-state index in [1.54, 1.807) is 9.58 Å². The van der Waals surface area contributed by atoms with E-state index in [4.69, 9.17) is 9.72 Å². The van der Waals surface area contributed by atoms with E-state index in [1.807, 2.05) is 32.3 Å². The number of ether oxygens (including phenoxy) is 1. The van der Waals surface area contributed by atoms with Crippen molar-refractivity contribution in [1.29, 1.82) is 0 Å². The molecule has 9 heteroatoms. The van der Waals surface area contributed by atoms with Crippen LogP contribution >= 0.6 is 0 Å². The normalized spacial score (nSPS) is 17.4. The lowest BCUT2D eigenvalue weighted by Crippen LogP contribution is -2.53. The summed E-state index contributed by atoms with van der Waals surface area (Å²) in [4.78, 5) is 19.9. The number of pyridine rings is 1. The second kappa shape index (κ2) is 9.83. The highest BCUT2D eigenvalue weighted by molar-refractivity contribution is 6.09. The van der Waals surface area contributed by atoms with Crippen molar-refractivity contribution in [2.75, 3.05) is 26.3 Å². The predicted octanol–water partition coefficient (Wildman–Crippen LogP) is 4.13. The molecule has 0 saturated carbocycles.